The van der Waals surface area contributed by atoms with E-state index in [2.05, 4.69) is 47.9 Å². The van der Waals surface area contributed by atoms with Crippen LogP contribution in [0.3, 0.4) is 0 Å². The Balaban J connectivity index is 1.57. The minimum atomic E-state index is -0.393. The van der Waals surface area contributed by atoms with Gasteiger partial charge in [0.1, 0.15) is 0 Å². The smallest absolute Gasteiger partial charge is 0.337 e. The summed E-state index contributed by atoms with van der Waals surface area (Å²) in [4.78, 5) is 23.7. The molecule has 38 heavy (non-hydrogen) atoms. The van der Waals surface area contributed by atoms with Crippen molar-refractivity contribution in [3.05, 3.63) is 130 Å². The standard InChI is InChI=1S/C34H22O4/c1-37-33(35)29-13-3-7-23(19-29)15-17-25-9-5-11-27-21-28-12-6-10-26(32(28)22-31(25)27)18-16-24-8-4-14-30(20-24)34(36)38-2/h3-14,19-22H,1-2H3. The molecule has 0 heterocycles. The zero-order valence-electron chi connectivity index (χ0n) is 20.9. The van der Waals surface area contributed by atoms with Crippen molar-refractivity contribution in [3.63, 3.8) is 0 Å². The van der Waals surface area contributed by atoms with Crippen LogP contribution in [0.4, 0.5) is 0 Å². The lowest BCUT2D eigenvalue weighted by Gasteiger charge is -2.06. The number of fused-ring (bicyclic) bond motifs is 2. The molecule has 0 unspecified atom stereocenters. The van der Waals surface area contributed by atoms with E-state index in [-0.39, 0.29) is 0 Å². The van der Waals surface area contributed by atoms with Crippen LogP contribution in [-0.4, -0.2) is 26.2 Å². The number of benzene rings is 5. The van der Waals surface area contributed by atoms with Crippen LogP contribution in [0.15, 0.2) is 97.1 Å². The van der Waals surface area contributed by atoms with Crippen LogP contribution in [0, 0.1) is 23.7 Å². The van der Waals surface area contributed by atoms with Crippen molar-refractivity contribution in [2.75, 3.05) is 14.2 Å². The molecule has 0 saturated carbocycles. The van der Waals surface area contributed by atoms with E-state index in [1.165, 1.54) is 14.2 Å². The van der Waals surface area contributed by atoms with Crippen LogP contribution >= 0.6 is 0 Å². The molecule has 0 spiro atoms. The lowest BCUT2D eigenvalue weighted by molar-refractivity contribution is 0.0592. The zero-order chi connectivity index (χ0) is 26.5. The van der Waals surface area contributed by atoms with Crippen LogP contribution < -0.4 is 0 Å². The molecule has 0 aliphatic heterocycles. The summed E-state index contributed by atoms with van der Waals surface area (Å²) in [5.74, 6) is 12.1. The Morgan fingerprint density at radius 2 is 0.974 bits per heavy atom. The first-order chi connectivity index (χ1) is 18.6. The largest absolute Gasteiger partial charge is 0.465 e. The molecule has 5 rings (SSSR count). The average molecular weight is 495 g/mol. The van der Waals surface area contributed by atoms with Gasteiger partial charge in [0.05, 0.1) is 25.3 Å². The molecule has 5 aromatic rings. The van der Waals surface area contributed by atoms with Gasteiger partial charge in [-0.1, -0.05) is 60.1 Å². The second-order valence-corrected chi connectivity index (χ2v) is 8.55. The summed E-state index contributed by atoms with van der Waals surface area (Å²) in [5.41, 5.74) is 4.13. The molecule has 4 heteroatoms. The second kappa shape index (κ2) is 10.7. The van der Waals surface area contributed by atoms with Gasteiger partial charge in [-0.25, -0.2) is 9.59 Å². The van der Waals surface area contributed by atoms with E-state index in [1.54, 1.807) is 36.4 Å². The van der Waals surface area contributed by atoms with Gasteiger partial charge in [-0.2, -0.15) is 0 Å². The van der Waals surface area contributed by atoms with Gasteiger partial charge in [-0.15, -0.1) is 0 Å². The van der Waals surface area contributed by atoms with E-state index in [4.69, 9.17) is 9.47 Å². The number of hydrogen-bond acceptors (Lipinski definition) is 4. The molecular formula is C34H22O4. The molecule has 182 valence electrons. The van der Waals surface area contributed by atoms with Gasteiger partial charge in [0, 0.05) is 22.3 Å². The van der Waals surface area contributed by atoms with Crippen molar-refractivity contribution in [2.45, 2.75) is 0 Å². The molecule has 0 bridgehead atoms. The van der Waals surface area contributed by atoms with Gasteiger partial charge in [-0.05, 0) is 82.2 Å². The first-order valence-corrected chi connectivity index (χ1v) is 11.9. The molecular weight excluding hydrogens is 472 g/mol. The lowest BCUT2D eigenvalue weighted by atomic mass is 9.97. The van der Waals surface area contributed by atoms with Crippen LogP contribution in [0.25, 0.3) is 21.5 Å². The predicted molar refractivity (Wildman–Crippen MR) is 149 cm³/mol. The fourth-order valence-corrected chi connectivity index (χ4v) is 4.23. The number of carbonyl (C=O) groups excluding carboxylic acids is 2. The van der Waals surface area contributed by atoms with E-state index in [1.807, 2.05) is 36.4 Å². The monoisotopic (exact) mass is 494 g/mol. The highest BCUT2D eigenvalue weighted by Crippen LogP contribution is 2.27. The molecule has 0 saturated heterocycles. The van der Waals surface area contributed by atoms with Crippen molar-refractivity contribution in [1.29, 1.82) is 0 Å². The Morgan fingerprint density at radius 1 is 0.526 bits per heavy atom. The van der Waals surface area contributed by atoms with E-state index in [0.717, 1.165) is 43.8 Å². The quantitative estimate of drug-likeness (QED) is 0.163. The van der Waals surface area contributed by atoms with Gasteiger partial charge in [0.25, 0.3) is 0 Å². The summed E-state index contributed by atoms with van der Waals surface area (Å²) in [6, 6.07) is 30.5. The van der Waals surface area contributed by atoms with Crippen molar-refractivity contribution < 1.29 is 19.1 Å². The maximum atomic E-state index is 11.9. The summed E-state index contributed by atoms with van der Waals surface area (Å²) in [7, 11) is 2.72. The molecule has 0 radical (unpaired) electrons. The van der Waals surface area contributed by atoms with E-state index < -0.39 is 11.9 Å². The molecule has 5 aromatic carbocycles. The third kappa shape index (κ3) is 5.12. The summed E-state index contributed by atoms with van der Waals surface area (Å²) in [5, 5.41) is 4.17. The topological polar surface area (TPSA) is 52.6 Å². The number of methoxy groups -OCH3 is 2. The Labute approximate surface area is 220 Å². The Morgan fingerprint density at radius 3 is 1.42 bits per heavy atom. The number of esters is 2. The van der Waals surface area contributed by atoms with Crippen LogP contribution in [0.1, 0.15) is 43.0 Å². The first-order valence-electron chi connectivity index (χ1n) is 11.9. The molecule has 0 aliphatic rings. The maximum absolute atomic E-state index is 11.9. The van der Waals surface area contributed by atoms with Gasteiger partial charge in [0.15, 0.2) is 0 Å². The summed E-state index contributed by atoms with van der Waals surface area (Å²) in [6.45, 7) is 0. The SMILES string of the molecule is COC(=O)c1cccc(C#Cc2cccc3cc4cccc(C#Cc5cccc(C(=O)OC)c5)c4cc23)c1. The molecule has 0 atom stereocenters. The third-order valence-corrected chi connectivity index (χ3v) is 6.13. The fourth-order valence-electron chi connectivity index (χ4n) is 4.23. The average Bonchev–Trinajstić information content (AvgIpc) is 2.97. The Hall–Kier alpha value is -5.32. The summed E-state index contributed by atoms with van der Waals surface area (Å²) < 4.78 is 9.63. The number of rotatable bonds is 2. The maximum Gasteiger partial charge on any atom is 0.337 e. The van der Waals surface area contributed by atoms with E-state index in [0.29, 0.717) is 11.1 Å². The second-order valence-electron chi connectivity index (χ2n) is 8.55. The molecule has 0 aromatic heterocycles. The molecule has 0 aliphatic carbocycles. The Kier molecular flexibility index (Phi) is 6.89. The van der Waals surface area contributed by atoms with Crippen molar-refractivity contribution in [3.8, 4) is 23.7 Å². The molecule has 4 nitrogen and oxygen atoms in total. The van der Waals surface area contributed by atoms with Crippen LogP contribution in [-0.2, 0) is 9.47 Å². The zero-order valence-corrected chi connectivity index (χ0v) is 20.9. The minimum absolute atomic E-state index is 0.393. The van der Waals surface area contributed by atoms with Gasteiger partial charge < -0.3 is 9.47 Å². The van der Waals surface area contributed by atoms with E-state index >= 15 is 0 Å². The highest BCUT2D eigenvalue weighted by molar-refractivity contribution is 6.03. The minimum Gasteiger partial charge on any atom is -0.465 e. The van der Waals surface area contributed by atoms with E-state index in [9.17, 15) is 9.59 Å². The van der Waals surface area contributed by atoms with Crippen molar-refractivity contribution >= 4 is 33.5 Å². The highest BCUT2D eigenvalue weighted by atomic mass is 16.5. The van der Waals surface area contributed by atoms with Crippen molar-refractivity contribution in [1.82, 2.24) is 0 Å². The normalized spacial score (nSPS) is 10.2. The predicted octanol–water partition coefficient (Wildman–Crippen LogP) is 6.37. The number of carbonyl (C=O) groups is 2. The summed E-state index contributed by atoms with van der Waals surface area (Å²) in [6.07, 6.45) is 0. The van der Waals surface area contributed by atoms with Crippen molar-refractivity contribution in [2.24, 2.45) is 0 Å². The molecule has 0 amide bonds. The van der Waals surface area contributed by atoms with Crippen LogP contribution in [0.5, 0.6) is 0 Å². The fraction of sp³-hybridized carbons (Fsp3) is 0.0588. The summed E-state index contributed by atoms with van der Waals surface area (Å²) >= 11 is 0. The third-order valence-electron chi connectivity index (χ3n) is 6.13. The number of hydrogen-bond donors (Lipinski definition) is 0. The van der Waals surface area contributed by atoms with Gasteiger partial charge in [-0.3, -0.25) is 0 Å². The molecule has 0 fully saturated rings. The number of ether oxygens (including phenoxy) is 2. The van der Waals surface area contributed by atoms with Crippen LogP contribution in [0.2, 0.25) is 0 Å². The Bertz CT molecular complexity index is 1710. The first kappa shape index (κ1) is 24.4. The highest BCUT2D eigenvalue weighted by Gasteiger charge is 2.07. The van der Waals surface area contributed by atoms with Gasteiger partial charge >= 0.3 is 11.9 Å². The lowest BCUT2D eigenvalue weighted by Crippen LogP contribution is -2.00. The van der Waals surface area contributed by atoms with Gasteiger partial charge in [0.2, 0.25) is 0 Å². The molecule has 0 N–H and O–H groups in total.